The standard InChI is InChI=1S/C21H20N2O5/c24-20(13-23-16-4-1-2-6-17(16)28-21(23)25)22-9-3-5-15(22)14-7-8-18-19(12-14)27-11-10-26-18/h1-2,4,6-8,12,15H,3,5,9-11,13H2/t15-/m1/s1. The second kappa shape index (κ2) is 6.74. The van der Waals surface area contributed by atoms with Crippen molar-refractivity contribution in [2.45, 2.75) is 25.4 Å². The molecule has 0 aliphatic carbocycles. The molecule has 1 saturated heterocycles. The molecule has 0 spiro atoms. The summed E-state index contributed by atoms with van der Waals surface area (Å²) in [5.74, 6) is 0.859. The Morgan fingerprint density at radius 2 is 1.89 bits per heavy atom. The molecule has 1 atom stereocenters. The van der Waals surface area contributed by atoms with Crippen molar-refractivity contribution in [3.05, 3.63) is 58.6 Å². The summed E-state index contributed by atoms with van der Waals surface area (Å²) < 4.78 is 17.9. The summed E-state index contributed by atoms with van der Waals surface area (Å²) in [7, 11) is 0. The summed E-state index contributed by atoms with van der Waals surface area (Å²) in [4.78, 5) is 27.1. The quantitative estimate of drug-likeness (QED) is 0.699. The molecule has 0 N–H and O–H groups in total. The number of nitrogens with zero attached hydrogens (tertiary/aromatic N) is 2. The molecule has 1 amide bonds. The maximum Gasteiger partial charge on any atom is 0.420 e. The van der Waals surface area contributed by atoms with Crippen molar-refractivity contribution in [3.63, 3.8) is 0 Å². The lowest BCUT2D eigenvalue weighted by Gasteiger charge is -2.27. The van der Waals surface area contributed by atoms with E-state index in [-0.39, 0.29) is 18.5 Å². The van der Waals surface area contributed by atoms with Gasteiger partial charge in [0.25, 0.3) is 0 Å². The number of hydrogen-bond donors (Lipinski definition) is 0. The van der Waals surface area contributed by atoms with Crippen molar-refractivity contribution in [1.82, 2.24) is 9.47 Å². The number of amides is 1. The molecule has 3 aromatic rings. The van der Waals surface area contributed by atoms with Gasteiger partial charge in [0.15, 0.2) is 17.1 Å². The summed E-state index contributed by atoms with van der Waals surface area (Å²) in [6, 6.07) is 13.0. The van der Waals surface area contributed by atoms with Gasteiger partial charge in [0.1, 0.15) is 19.8 Å². The number of para-hydroxylation sites is 2. The number of benzene rings is 2. The lowest BCUT2D eigenvalue weighted by atomic mass is 10.0. The Morgan fingerprint density at radius 3 is 2.79 bits per heavy atom. The van der Waals surface area contributed by atoms with E-state index < -0.39 is 5.76 Å². The number of oxazole rings is 1. The van der Waals surface area contributed by atoms with Gasteiger partial charge in [-0.15, -0.1) is 0 Å². The Balaban J connectivity index is 1.41. The normalized spacial score (nSPS) is 18.6. The second-order valence-electron chi connectivity index (χ2n) is 7.07. The van der Waals surface area contributed by atoms with Crippen LogP contribution in [0.2, 0.25) is 0 Å². The van der Waals surface area contributed by atoms with E-state index in [2.05, 4.69) is 0 Å². The molecule has 2 aliphatic rings. The van der Waals surface area contributed by atoms with Gasteiger partial charge in [-0.2, -0.15) is 0 Å². The third kappa shape index (κ3) is 2.83. The zero-order valence-corrected chi connectivity index (χ0v) is 15.3. The average molecular weight is 380 g/mol. The number of carbonyl (C=O) groups is 1. The van der Waals surface area contributed by atoms with Crippen LogP contribution in [0.1, 0.15) is 24.4 Å². The molecule has 0 radical (unpaired) electrons. The summed E-state index contributed by atoms with van der Waals surface area (Å²) in [6.45, 7) is 1.72. The van der Waals surface area contributed by atoms with Crippen LogP contribution in [0, 0.1) is 0 Å². The predicted molar refractivity (Wildman–Crippen MR) is 102 cm³/mol. The highest BCUT2D eigenvalue weighted by atomic mass is 16.6. The molecule has 7 heteroatoms. The van der Waals surface area contributed by atoms with Crippen LogP contribution in [0.15, 0.2) is 51.7 Å². The van der Waals surface area contributed by atoms with Gasteiger partial charge in [-0.1, -0.05) is 18.2 Å². The number of hydrogen-bond acceptors (Lipinski definition) is 5. The number of aromatic nitrogens is 1. The molecule has 28 heavy (non-hydrogen) atoms. The molecule has 0 saturated carbocycles. The Morgan fingerprint density at radius 1 is 1.07 bits per heavy atom. The molecule has 2 aliphatic heterocycles. The summed E-state index contributed by atoms with van der Waals surface area (Å²) in [6.07, 6.45) is 1.80. The first-order valence-electron chi connectivity index (χ1n) is 9.48. The van der Waals surface area contributed by atoms with Crippen molar-refractivity contribution >= 4 is 17.0 Å². The summed E-state index contributed by atoms with van der Waals surface area (Å²) in [5.41, 5.74) is 2.15. The molecule has 0 bridgehead atoms. The number of carbonyl (C=O) groups excluding carboxylic acids is 1. The number of ether oxygens (including phenoxy) is 2. The van der Waals surface area contributed by atoms with Gasteiger partial charge in [-0.25, -0.2) is 4.79 Å². The SMILES string of the molecule is O=C(Cn1c(=O)oc2ccccc21)N1CCC[C@@H]1c1ccc2c(c1)OCCO2. The smallest absolute Gasteiger partial charge is 0.420 e. The Kier molecular flexibility index (Phi) is 4.07. The Labute approximate surface area is 161 Å². The van der Waals surface area contributed by atoms with E-state index in [1.165, 1.54) is 4.57 Å². The molecule has 1 fully saturated rings. The van der Waals surface area contributed by atoms with Crippen molar-refractivity contribution < 1.29 is 18.7 Å². The maximum absolute atomic E-state index is 13.0. The van der Waals surface area contributed by atoms with Crippen LogP contribution in [0.25, 0.3) is 11.1 Å². The van der Waals surface area contributed by atoms with E-state index >= 15 is 0 Å². The first-order valence-corrected chi connectivity index (χ1v) is 9.48. The van der Waals surface area contributed by atoms with E-state index in [4.69, 9.17) is 13.9 Å². The highest BCUT2D eigenvalue weighted by molar-refractivity contribution is 5.80. The van der Waals surface area contributed by atoms with Crippen LogP contribution in [-0.4, -0.2) is 35.1 Å². The first-order chi connectivity index (χ1) is 13.7. The van der Waals surface area contributed by atoms with Crippen LogP contribution in [0.5, 0.6) is 11.5 Å². The largest absolute Gasteiger partial charge is 0.486 e. The fourth-order valence-electron chi connectivity index (χ4n) is 4.07. The number of rotatable bonds is 3. The molecule has 144 valence electrons. The fourth-order valence-corrected chi connectivity index (χ4v) is 4.07. The minimum Gasteiger partial charge on any atom is -0.486 e. The highest BCUT2D eigenvalue weighted by Gasteiger charge is 2.31. The third-order valence-corrected chi connectivity index (χ3v) is 5.39. The van der Waals surface area contributed by atoms with Gasteiger partial charge in [-0.3, -0.25) is 9.36 Å². The van der Waals surface area contributed by atoms with Crippen LogP contribution in [0.4, 0.5) is 0 Å². The van der Waals surface area contributed by atoms with E-state index in [1.807, 2.05) is 29.2 Å². The molecule has 3 heterocycles. The molecule has 7 nitrogen and oxygen atoms in total. The van der Waals surface area contributed by atoms with E-state index in [0.717, 1.165) is 29.9 Å². The Bertz CT molecular complexity index is 1100. The zero-order chi connectivity index (χ0) is 19.1. The van der Waals surface area contributed by atoms with Crippen molar-refractivity contribution in [3.8, 4) is 11.5 Å². The van der Waals surface area contributed by atoms with Gasteiger partial charge in [-0.05, 0) is 42.7 Å². The molecule has 5 rings (SSSR count). The number of likely N-dealkylation sites (tertiary alicyclic amines) is 1. The fraction of sp³-hybridized carbons (Fsp3) is 0.333. The van der Waals surface area contributed by atoms with Gasteiger partial charge in [0.2, 0.25) is 5.91 Å². The highest BCUT2D eigenvalue weighted by Crippen LogP contribution is 2.38. The lowest BCUT2D eigenvalue weighted by Crippen LogP contribution is -2.35. The van der Waals surface area contributed by atoms with Gasteiger partial charge in [0.05, 0.1) is 11.6 Å². The first kappa shape index (κ1) is 16.9. The van der Waals surface area contributed by atoms with Crippen LogP contribution < -0.4 is 15.2 Å². The van der Waals surface area contributed by atoms with E-state index in [1.54, 1.807) is 18.2 Å². The Hall–Kier alpha value is -3.22. The molecule has 1 aromatic heterocycles. The predicted octanol–water partition coefficient (Wildman–Crippen LogP) is 2.73. The van der Waals surface area contributed by atoms with Gasteiger partial charge < -0.3 is 18.8 Å². The van der Waals surface area contributed by atoms with Crippen molar-refractivity contribution in [2.75, 3.05) is 19.8 Å². The van der Waals surface area contributed by atoms with Crippen molar-refractivity contribution in [2.24, 2.45) is 0 Å². The zero-order valence-electron chi connectivity index (χ0n) is 15.3. The number of fused-ring (bicyclic) bond motifs is 2. The average Bonchev–Trinajstić information content (AvgIpc) is 3.33. The monoisotopic (exact) mass is 380 g/mol. The van der Waals surface area contributed by atoms with E-state index in [0.29, 0.717) is 30.9 Å². The summed E-state index contributed by atoms with van der Waals surface area (Å²) >= 11 is 0. The lowest BCUT2D eigenvalue weighted by molar-refractivity contribution is -0.132. The molecular formula is C21H20N2O5. The van der Waals surface area contributed by atoms with Crippen LogP contribution in [-0.2, 0) is 11.3 Å². The van der Waals surface area contributed by atoms with Crippen LogP contribution >= 0.6 is 0 Å². The third-order valence-electron chi connectivity index (χ3n) is 5.39. The topological polar surface area (TPSA) is 73.9 Å². The van der Waals surface area contributed by atoms with Gasteiger partial charge >= 0.3 is 5.76 Å². The molecule has 0 unspecified atom stereocenters. The molecular weight excluding hydrogens is 360 g/mol. The summed E-state index contributed by atoms with van der Waals surface area (Å²) in [5, 5.41) is 0. The minimum absolute atomic E-state index is 0.0304. The molecule has 2 aromatic carbocycles. The second-order valence-corrected chi connectivity index (χ2v) is 7.07. The van der Waals surface area contributed by atoms with E-state index in [9.17, 15) is 9.59 Å². The van der Waals surface area contributed by atoms with Gasteiger partial charge in [0, 0.05) is 6.54 Å². The van der Waals surface area contributed by atoms with Crippen LogP contribution in [0.3, 0.4) is 0 Å². The van der Waals surface area contributed by atoms with Crippen molar-refractivity contribution in [1.29, 1.82) is 0 Å². The maximum atomic E-state index is 13.0. The minimum atomic E-state index is -0.510.